The lowest BCUT2D eigenvalue weighted by atomic mass is 10.1. The molecule has 1 fully saturated rings. The number of carbonyl (C=O) groups is 1. The number of amides is 1. The smallest absolute Gasteiger partial charge is 0.273 e. The molecule has 1 aromatic rings. The molecule has 0 radical (unpaired) electrons. The van der Waals surface area contributed by atoms with Crippen molar-refractivity contribution >= 4 is 37.8 Å². The predicted molar refractivity (Wildman–Crippen MR) is 79.0 cm³/mol. The van der Waals surface area contributed by atoms with E-state index >= 15 is 0 Å². The Morgan fingerprint density at radius 3 is 3.00 bits per heavy atom. The van der Waals surface area contributed by atoms with E-state index in [-0.39, 0.29) is 11.9 Å². The summed E-state index contributed by atoms with van der Waals surface area (Å²) in [5.41, 5.74) is 0.519. The average molecular weight is 376 g/mol. The second-order valence-corrected chi connectivity index (χ2v) is 5.99. The molecule has 5 heteroatoms. The minimum Gasteiger partial charge on any atom is -0.333 e. The van der Waals surface area contributed by atoms with Crippen molar-refractivity contribution in [3.05, 3.63) is 28.5 Å². The number of aromatic nitrogens is 1. The molecule has 2 heterocycles. The predicted octanol–water partition coefficient (Wildman–Crippen LogP) is 3.62. The van der Waals surface area contributed by atoms with Gasteiger partial charge >= 0.3 is 0 Å². The first kappa shape index (κ1) is 14.0. The highest BCUT2D eigenvalue weighted by Gasteiger charge is 2.27. The van der Waals surface area contributed by atoms with Crippen LogP contribution in [0, 0.1) is 0 Å². The summed E-state index contributed by atoms with van der Waals surface area (Å²) >= 11 is 6.92. The monoisotopic (exact) mass is 374 g/mol. The number of carbonyl (C=O) groups excluding carboxylic acids is 1. The molecule has 2 rings (SSSR count). The summed E-state index contributed by atoms with van der Waals surface area (Å²) in [7, 11) is 0. The third-order valence-electron chi connectivity index (χ3n) is 3.28. The SMILES string of the molecule is O=C(c1ncccc1Br)N1CCCCCC1CBr. The Labute approximate surface area is 124 Å². The standard InChI is InChI=1S/C13H16Br2N2O/c14-9-10-5-2-1-3-8-17(10)13(18)12-11(15)6-4-7-16-12/h4,6-7,10H,1-3,5,8-9H2. The van der Waals surface area contributed by atoms with E-state index in [4.69, 9.17) is 0 Å². The van der Waals surface area contributed by atoms with E-state index < -0.39 is 0 Å². The Balaban J connectivity index is 2.23. The van der Waals surface area contributed by atoms with Crippen LogP contribution in [0.25, 0.3) is 0 Å². The molecule has 18 heavy (non-hydrogen) atoms. The van der Waals surface area contributed by atoms with Crippen LogP contribution in [0.15, 0.2) is 22.8 Å². The van der Waals surface area contributed by atoms with Gasteiger partial charge in [-0.25, -0.2) is 4.98 Å². The highest BCUT2D eigenvalue weighted by atomic mass is 79.9. The number of hydrogen-bond acceptors (Lipinski definition) is 2. The fourth-order valence-electron chi connectivity index (χ4n) is 2.28. The second-order valence-electron chi connectivity index (χ2n) is 4.49. The minimum absolute atomic E-state index is 0.0359. The molecule has 0 aromatic carbocycles. The van der Waals surface area contributed by atoms with Gasteiger partial charge in [-0.15, -0.1) is 0 Å². The van der Waals surface area contributed by atoms with E-state index in [1.807, 2.05) is 17.0 Å². The Hall–Kier alpha value is -0.420. The quantitative estimate of drug-likeness (QED) is 0.739. The molecule has 1 unspecified atom stereocenters. The van der Waals surface area contributed by atoms with Gasteiger partial charge in [0, 0.05) is 28.6 Å². The third-order valence-corrected chi connectivity index (χ3v) is 4.66. The van der Waals surface area contributed by atoms with Gasteiger partial charge in [-0.1, -0.05) is 28.8 Å². The summed E-state index contributed by atoms with van der Waals surface area (Å²) in [5, 5.41) is 0.837. The summed E-state index contributed by atoms with van der Waals surface area (Å²) in [6, 6.07) is 3.97. The molecule has 1 aromatic heterocycles. The Bertz CT molecular complexity index is 425. The van der Waals surface area contributed by atoms with E-state index in [1.165, 1.54) is 12.8 Å². The molecule has 0 spiro atoms. The second kappa shape index (κ2) is 6.66. The Morgan fingerprint density at radius 2 is 2.28 bits per heavy atom. The molecule has 98 valence electrons. The van der Waals surface area contributed by atoms with E-state index in [1.54, 1.807) is 6.20 Å². The van der Waals surface area contributed by atoms with Gasteiger partial charge in [-0.05, 0) is 40.9 Å². The molecular weight excluding hydrogens is 360 g/mol. The molecule has 0 N–H and O–H groups in total. The van der Waals surface area contributed by atoms with E-state index in [0.717, 1.165) is 29.2 Å². The number of alkyl halides is 1. The van der Waals surface area contributed by atoms with Crippen molar-refractivity contribution in [3.63, 3.8) is 0 Å². The van der Waals surface area contributed by atoms with Crippen LogP contribution in [0.3, 0.4) is 0 Å². The van der Waals surface area contributed by atoms with Gasteiger partial charge in [0.15, 0.2) is 0 Å². The van der Waals surface area contributed by atoms with Crippen molar-refractivity contribution in [2.24, 2.45) is 0 Å². The number of rotatable bonds is 2. The topological polar surface area (TPSA) is 33.2 Å². The number of likely N-dealkylation sites (tertiary alicyclic amines) is 1. The van der Waals surface area contributed by atoms with Crippen LogP contribution in [-0.4, -0.2) is 33.7 Å². The van der Waals surface area contributed by atoms with Crippen LogP contribution >= 0.6 is 31.9 Å². The van der Waals surface area contributed by atoms with Gasteiger partial charge in [0.2, 0.25) is 0 Å². The van der Waals surface area contributed by atoms with Gasteiger partial charge in [-0.3, -0.25) is 4.79 Å². The zero-order valence-corrected chi connectivity index (χ0v) is 13.3. The average Bonchev–Trinajstić information content (AvgIpc) is 2.63. The summed E-state index contributed by atoms with van der Waals surface area (Å²) in [6.07, 6.45) is 6.22. The Kier molecular flexibility index (Phi) is 5.18. The number of hydrogen-bond donors (Lipinski definition) is 0. The highest BCUT2D eigenvalue weighted by Crippen LogP contribution is 2.22. The normalized spacial score (nSPS) is 20.6. The van der Waals surface area contributed by atoms with E-state index in [9.17, 15) is 4.79 Å². The zero-order valence-electron chi connectivity index (χ0n) is 10.1. The van der Waals surface area contributed by atoms with Gasteiger partial charge in [0.25, 0.3) is 5.91 Å². The summed E-state index contributed by atoms with van der Waals surface area (Å²) < 4.78 is 0.771. The highest BCUT2D eigenvalue weighted by molar-refractivity contribution is 9.10. The Morgan fingerprint density at radius 1 is 1.44 bits per heavy atom. The first-order valence-corrected chi connectivity index (χ1v) is 8.13. The number of pyridine rings is 1. The minimum atomic E-state index is 0.0359. The zero-order chi connectivity index (χ0) is 13.0. The maximum Gasteiger partial charge on any atom is 0.273 e. The largest absolute Gasteiger partial charge is 0.333 e. The van der Waals surface area contributed by atoms with Crippen LogP contribution in [0.2, 0.25) is 0 Å². The first-order valence-electron chi connectivity index (χ1n) is 6.21. The molecule has 1 amide bonds. The fourth-order valence-corrected chi connectivity index (χ4v) is 3.38. The third kappa shape index (κ3) is 3.12. The molecular formula is C13H16Br2N2O. The molecule has 1 atom stereocenters. The summed E-state index contributed by atoms with van der Waals surface area (Å²) in [5.74, 6) is 0.0359. The van der Waals surface area contributed by atoms with Crippen molar-refractivity contribution in [3.8, 4) is 0 Å². The van der Waals surface area contributed by atoms with Crippen LogP contribution in [0.5, 0.6) is 0 Å². The van der Waals surface area contributed by atoms with Gasteiger partial charge < -0.3 is 4.90 Å². The van der Waals surface area contributed by atoms with Crippen molar-refractivity contribution in [2.75, 3.05) is 11.9 Å². The molecule has 3 nitrogen and oxygen atoms in total. The molecule has 0 bridgehead atoms. The molecule has 0 aliphatic carbocycles. The van der Waals surface area contributed by atoms with Gasteiger partial charge in [0.1, 0.15) is 5.69 Å². The first-order chi connectivity index (χ1) is 8.74. The number of nitrogens with zero attached hydrogens (tertiary/aromatic N) is 2. The fraction of sp³-hybridized carbons (Fsp3) is 0.538. The lowest BCUT2D eigenvalue weighted by Crippen LogP contribution is -2.41. The van der Waals surface area contributed by atoms with Crippen molar-refractivity contribution in [1.29, 1.82) is 0 Å². The summed E-state index contributed by atoms with van der Waals surface area (Å²) in [4.78, 5) is 18.7. The van der Waals surface area contributed by atoms with Crippen molar-refractivity contribution < 1.29 is 4.79 Å². The van der Waals surface area contributed by atoms with Gasteiger partial charge in [0.05, 0.1) is 0 Å². The van der Waals surface area contributed by atoms with Crippen molar-refractivity contribution in [2.45, 2.75) is 31.7 Å². The lowest BCUT2D eigenvalue weighted by molar-refractivity contribution is 0.0695. The molecule has 1 saturated heterocycles. The number of halogens is 2. The molecule has 1 aliphatic heterocycles. The van der Waals surface area contributed by atoms with E-state index in [2.05, 4.69) is 36.8 Å². The van der Waals surface area contributed by atoms with Crippen molar-refractivity contribution in [1.82, 2.24) is 9.88 Å². The van der Waals surface area contributed by atoms with Crippen LogP contribution < -0.4 is 0 Å². The molecule has 0 saturated carbocycles. The molecule has 1 aliphatic rings. The van der Waals surface area contributed by atoms with E-state index in [0.29, 0.717) is 5.69 Å². The van der Waals surface area contributed by atoms with Gasteiger partial charge in [-0.2, -0.15) is 0 Å². The van der Waals surface area contributed by atoms with Crippen LogP contribution in [-0.2, 0) is 0 Å². The van der Waals surface area contributed by atoms with Crippen LogP contribution in [0.4, 0.5) is 0 Å². The maximum absolute atomic E-state index is 12.6. The summed E-state index contributed by atoms with van der Waals surface area (Å²) in [6.45, 7) is 0.831. The lowest BCUT2D eigenvalue weighted by Gasteiger charge is -2.28. The maximum atomic E-state index is 12.6. The van der Waals surface area contributed by atoms with Crippen LogP contribution in [0.1, 0.15) is 36.2 Å².